The fraction of sp³-hybridized carbons (Fsp3) is 0.417. The van der Waals surface area contributed by atoms with Gasteiger partial charge in [-0.3, -0.25) is 4.79 Å². The molecule has 2 aliphatic rings. The van der Waals surface area contributed by atoms with Crippen LogP contribution >= 0.6 is 23.2 Å². The van der Waals surface area contributed by atoms with E-state index < -0.39 is 6.04 Å². The summed E-state index contributed by atoms with van der Waals surface area (Å²) in [5.74, 6) is 1.10. The first-order chi connectivity index (χ1) is 15.9. The van der Waals surface area contributed by atoms with Gasteiger partial charge in [-0.2, -0.15) is 0 Å². The number of rotatable bonds is 5. The number of urea groups is 1. The van der Waals surface area contributed by atoms with Crippen molar-refractivity contribution in [2.45, 2.75) is 37.8 Å². The number of piperidine rings is 1. The van der Waals surface area contributed by atoms with Gasteiger partial charge >= 0.3 is 6.03 Å². The normalized spacial score (nSPS) is 20.7. The predicted octanol–water partition coefficient (Wildman–Crippen LogP) is 5.05. The number of methoxy groups -OCH3 is 2. The van der Waals surface area contributed by atoms with Crippen LogP contribution in [0.15, 0.2) is 36.4 Å². The second kappa shape index (κ2) is 10.1. The maximum Gasteiger partial charge on any atom is 0.318 e. The number of carbonyl (C=O) groups is 2. The monoisotopic (exact) mass is 491 g/mol. The van der Waals surface area contributed by atoms with Crippen molar-refractivity contribution in [2.24, 2.45) is 0 Å². The Hall–Kier alpha value is -2.64. The molecule has 2 heterocycles. The molecule has 0 saturated carbocycles. The highest BCUT2D eigenvalue weighted by Gasteiger charge is 2.36. The fourth-order valence-corrected chi connectivity index (χ4v) is 5.11. The van der Waals surface area contributed by atoms with E-state index >= 15 is 0 Å². The smallest absolute Gasteiger partial charge is 0.318 e. The van der Waals surface area contributed by atoms with Crippen molar-refractivity contribution in [3.8, 4) is 11.5 Å². The minimum atomic E-state index is -0.607. The first-order valence-corrected chi connectivity index (χ1v) is 11.7. The summed E-state index contributed by atoms with van der Waals surface area (Å²) in [6, 6.07) is 9.83. The lowest BCUT2D eigenvalue weighted by molar-refractivity contribution is -0.121. The zero-order valence-corrected chi connectivity index (χ0v) is 20.2. The molecule has 0 radical (unpaired) electrons. The van der Waals surface area contributed by atoms with Crippen molar-refractivity contribution in [2.75, 3.05) is 32.2 Å². The van der Waals surface area contributed by atoms with Crippen LogP contribution in [0.1, 0.15) is 37.3 Å². The Balaban J connectivity index is 1.48. The van der Waals surface area contributed by atoms with Crippen molar-refractivity contribution < 1.29 is 19.1 Å². The summed E-state index contributed by atoms with van der Waals surface area (Å²) in [4.78, 5) is 29.8. The van der Waals surface area contributed by atoms with Crippen LogP contribution in [0.3, 0.4) is 0 Å². The summed E-state index contributed by atoms with van der Waals surface area (Å²) >= 11 is 12.3. The lowest BCUT2D eigenvalue weighted by atomic mass is 10.0. The predicted molar refractivity (Wildman–Crippen MR) is 129 cm³/mol. The standard InChI is InChI=1S/C24H27Cl2N3O4/c1-32-21-10-7-15(13-22(21)33-2)19-6-4-12-29(19)24(31)27-18-5-3-11-28(23(18)30)20-9-8-16(25)14-17(20)26/h7-10,13-14,18-19H,3-6,11-12H2,1-2H3,(H,27,31). The SMILES string of the molecule is COc1ccc(C2CCCN2C(=O)NC2CCCN(c3ccc(Cl)cc3Cl)C2=O)cc1OC. The van der Waals surface area contributed by atoms with Crippen LogP contribution in [0.25, 0.3) is 0 Å². The average molecular weight is 492 g/mol. The number of nitrogens with zero attached hydrogens (tertiary/aromatic N) is 2. The largest absolute Gasteiger partial charge is 0.493 e. The van der Waals surface area contributed by atoms with Gasteiger partial charge in [0, 0.05) is 18.1 Å². The van der Waals surface area contributed by atoms with Gasteiger partial charge in [-0.05, 0) is 61.6 Å². The van der Waals surface area contributed by atoms with Gasteiger partial charge in [-0.15, -0.1) is 0 Å². The second-order valence-electron chi connectivity index (χ2n) is 8.20. The van der Waals surface area contributed by atoms with Crippen molar-refractivity contribution >= 4 is 40.8 Å². The summed E-state index contributed by atoms with van der Waals surface area (Å²) in [7, 11) is 3.18. The molecular weight excluding hydrogens is 465 g/mol. The molecule has 9 heteroatoms. The highest BCUT2D eigenvalue weighted by Crippen LogP contribution is 2.37. The number of likely N-dealkylation sites (tertiary alicyclic amines) is 1. The zero-order valence-electron chi connectivity index (χ0n) is 18.6. The molecule has 2 unspecified atom stereocenters. The highest BCUT2D eigenvalue weighted by atomic mass is 35.5. The summed E-state index contributed by atoms with van der Waals surface area (Å²) in [6.07, 6.45) is 3.07. The van der Waals surface area contributed by atoms with E-state index in [9.17, 15) is 9.59 Å². The van der Waals surface area contributed by atoms with Crippen LogP contribution in [-0.2, 0) is 4.79 Å². The van der Waals surface area contributed by atoms with E-state index in [-0.39, 0.29) is 18.0 Å². The third-order valence-electron chi connectivity index (χ3n) is 6.24. The molecule has 3 amide bonds. The Morgan fingerprint density at radius 3 is 2.48 bits per heavy atom. The number of nitrogens with one attached hydrogen (secondary N) is 1. The first-order valence-electron chi connectivity index (χ1n) is 11.0. The van der Waals surface area contributed by atoms with E-state index in [0.717, 1.165) is 24.8 Å². The maximum absolute atomic E-state index is 13.2. The first kappa shape index (κ1) is 23.5. The molecule has 0 aromatic heterocycles. The Kier molecular flexibility index (Phi) is 7.20. The van der Waals surface area contributed by atoms with E-state index in [0.29, 0.717) is 46.7 Å². The second-order valence-corrected chi connectivity index (χ2v) is 9.04. The minimum Gasteiger partial charge on any atom is -0.493 e. The Morgan fingerprint density at radius 1 is 1.00 bits per heavy atom. The summed E-state index contributed by atoms with van der Waals surface area (Å²) < 4.78 is 10.8. The number of anilines is 1. The molecule has 7 nitrogen and oxygen atoms in total. The summed E-state index contributed by atoms with van der Waals surface area (Å²) in [5.41, 5.74) is 1.58. The van der Waals surface area contributed by atoms with Crippen LogP contribution in [0.5, 0.6) is 11.5 Å². The number of amides is 3. The molecule has 0 spiro atoms. The molecule has 2 atom stereocenters. The summed E-state index contributed by atoms with van der Waals surface area (Å²) in [6.45, 7) is 1.17. The maximum atomic E-state index is 13.2. The van der Waals surface area contributed by atoms with Crippen molar-refractivity contribution in [1.29, 1.82) is 0 Å². The Bertz CT molecular complexity index is 1050. The minimum absolute atomic E-state index is 0.0923. The van der Waals surface area contributed by atoms with Crippen molar-refractivity contribution in [3.05, 3.63) is 52.0 Å². The number of carbonyl (C=O) groups excluding carboxylic acids is 2. The van der Waals surface area contributed by atoms with Gasteiger partial charge in [-0.25, -0.2) is 4.79 Å². The van der Waals surface area contributed by atoms with E-state index in [1.165, 1.54) is 0 Å². The van der Waals surface area contributed by atoms with Crippen LogP contribution in [0.2, 0.25) is 10.0 Å². The van der Waals surface area contributed by atoms with Gasteiger partial charge in [0.15, 0.2) is 11.5 Å². The lowest BCUT2D eigenvalue weighted by Gasteiger charge is -2.35. The molecule has 2 fully saturated rings. The lowest BCUT2D eigenvalue weighted by Crippen LogP contribution is -2.55. The quantitative estimate of drug-likeness (QED) is 0.634. The molecular formula is C24H27Cl2N3O4. The molecule has 2 aromatic carbocycles. The van der Waals surface area contributed by atoms with Gasteiger partial charge in [0.2, 0.25) is 5.91 Å². The third-order valence-corrected chi connectivity index (χ3v) is 6.78. The zero-order chi connectivity index (χ0) is 23.5. The number of ether oxygens (including phenoxy) is 2. The number of hydrogen-bond donors (Lipinski definition) is 1. The van der Waals surface area contributed by atoms with Gasteiger partial charge in [0.25, 0.3) is 0 Å². The van der Waals surface area contributed by atoms with Crippen LogP contribution < -0.4 is 19.7 Å². The molecule has 0 aliphatic carbocycles. The molecule has 0 bridgehead atoms. The van der Waals surface area contributed by atoms with Crippen molar-refractivity contribution in [3.63, 3.8) is 0 Å². The Morgan fingerprint density at radius 2 is 1.76 bits per heavy atom. The molecule has 176 valence electrons. The van der Waals surface area contributed by atoms with Crippen LogP contribution in [0.4, 0.5) is 10.5 Å². The van der Waals surface area contributed by atoms with Gasteiger partial charge in [0.05, 0.1) is 31.0 Å². The highest BCUT2D eigenvalue weighted by molar-refractivity contribution is 6.36. The van der Waals surface area contributed by atoms with Crippen molar-refractivity contribution in [1.82, 2.24) is 10.2 Å². The van der Waals surface area contributed by atoms with Gasteiger partial charge in [0.1, 0.15) is 6.04 Å². The number of hydrogen-bond acceptors (Lipinski definition) is 4. The summed E-state index contributed by atoms with van der Waals surface area (Å²) in [5, 5.41) is 3.88. The molecule has 2 aromatic rings. The van der Waals surface area contributed by atoms with Gasteiger partial charge < -0.3 is 24.6 Å². The molecule has 4 rings (SSSR count). The van der Waals surface area contributed by atoms with Crippen LogP contribution in [0, 0.1) is 0 Å². The number of halogens is 2. The number of benzene rings is 2. The van der Waals surface area contributed by atoms with E-state index in [1.807, 2.05) is 18.2 Å². The molecule has 2 saturated heterocycles. The third kappa shape index (κ3) is 4.84. The van der Waals surface area contributed by atoms with E-state index in [2.05, 4.69) is 5.32 Å². The van der Waals surface area contributed by atoms with E-state index in [4.69, 9.17) is 32.7 Å². The average Bonchev–Trinajstić information content (AvgIpc) is 3.30. The molecule has 1 N–H and O–H groups in total. The fourth-order valence-electron chi connectivity index (χ4n) is 4.60. The molecule has 33 heavy (non-hydrogen) atoms. The molecule has 2 aliphatic heterocycles. The van der Waals surface area contributed by atoms with Gasteiger partial charge in [-0.1, -0.05) is 29.3 Å². The van der Waals surface area contributed by atoms with Crippen LogP contribution in [-0.4, -0.2) is 50.2 Å². The topological polar surface area (TPSA) is 71.1 Å². The Labute approximate surface area is 203 Å². The van der Waals surface area contributed by atoms with E-state index in [1.54, 1.807) is 42.2 Å².